The second kappa shape index (κ2) is 7.22. The SMILES string of the molecule is CC(C)CCCCNc1cccc(C(N)=S)n1. The third kappa shape index (κ3) is 5.63. The average Bonchev–Trinajstić information content (AvgIpc) is 2.28. The molecule has 0 atom stereocenters. The molecule has 17 heavy (non-hydrogen) atoms. The summed E-state index contributed by atoms with van der Waals surface area (Å²) >= 11 is 4.89. The monoisotopic (exact) mass is 251 g/mol. The molecule has 0 aliphatic rings. The van der Waals surface area contributed by atoms with Crippen molar-refractivity contribution in [2.45, 2.75) is 33.1 Å². The fraction of sp³-hybridized carbons (Fsp3) is 0.538. The van der Waals surface area contributed by atoms with Crippen molar-refractivity contribution < 1.29 is 0 Å². The fourth-order valence-electron chi connectivity index (χ4n) is 1.56. The summed E-state index contributed by atoms with van der Waals surface area (Å²) in [6, 6.07) is 5.68. The zero-order valence-electron chi connectivity index (χ0n) is 10.6. The number of hydrogen-bond donors (Lipinski definition) is 2. The van der Waals surface area contributed by atoms with E-state index in [1.54, 1.807) is 0 Å². The van der Waals surface area contributed by atoms with Crippen molar-refractivity contribution in [2.24, 2.45) is 11.7 Å². The first-order valence-electron chi connectivity index (χ1n) is 6.10. The van der Waals surface area contributed by atoms with E-state index < -0.39 is 0 Å². The molecule has 0 saturated carbocycles. The molecule has 0 aliphatic heterocycles. The number of rotatable bonds is 7. The lowest BCUT2D eigenvalue weighted by molar-refractivity contribution is 0.544. The Hall–Kier alpha value is -1.16. The summed E-state index contributed by atoms with van der Waals surface area (Å²) in [6.07, 6.45) is 3.69. The van der Waals surface area contributed by atoms with Crippen LogP contribution in [0.1, 0.15) is 38.8 Å². The van der Waals surface area contributed by atoms with Gasteiger partial charge in [0.25, 0.3) is 0 Å². The van der Waals surface area contributed by atoms with E-state index in [-0.39, 0.29) is 0 Å². The molecule has 0 radical (unpaired) electrons. The predicted molar refractivity (Wildman–Crippen MR) is 77.3 cm³/mol. The summed E-state index contributed by atoms with van der Waals surface area (Å²) in [5.74, 6) is 1.63. The van der Waals surface area contributed by atoms with Crippen molar-refractivity contribution >= 4 is 23.0 Å². The minimum absolute atomic E-state index is 0.341. The standard InChI is InChI=1S/C13H21N3S/c1-10(2)6-3-4-9-15-12-8-5-7-11(16-12)13(14)17/h5,7-8,10H,3-4,6,9H2,1-2H3,(H2,14,17)(H,15,16). The Bertz CT molecular complexity index is 363. The molecule has 4 heteroatoms. The van der Waals surface area contributed by atoms with Crippen LogP contribution in [0.3, 0.4) is 0 Å². The van der Waals surface area contributed by atoms with Gasteiger partial charge in [0.15, 0.2) is 0 Å². The van der Waals surface area contributed by atoms with Crippen LogP contribution >= 0.6 is 12.2 Å². The molecule has 0 aliphatic carbocycles. The summed E-state index contributed by atoms with van der Waals surface area (Å²) in [5.41, 5.74) is 6.21. The van der Waals surface area contributed by atoms with Crippen LogP contribution in [0.25, 0.3) is 0 Å². The topological polar surface area (TPSA) is 50.9 Å². The first-order chi connectivity index (χ1) is 8.09. The Morgan fingerprint density at radius 1 is 1.41 bits per heavy atom. The predicted octanol–water partition coefficient (Wildman–Crippen LogP) is 2.95. The van der Waals surface area contributed by atoms with Crippen LogP contribution in [0.15, 0.2) is 18.2 Å². The maximum atomic E-state index is 5.53. The molecule has 0 bridgehead atoms. The highest BCUT2D eigenvalue weighted by molar-refractivity contribution is 7.80. The minimum Gasteiger partial charge on any atom is -0.388 e. The molecule has 3 N–H and O–H groups in total. The number of thiocarbonyl (C=S) groups is 1. The molecule has 0 fully saturated rings. The lowest BCUT2D eigenvalue weighted by Gasteiger charge is -2.07. The van der Waals surface area contributed by atoms with Crippen molar-refractivity contribution in [3.63, 3.8) is 0 Å². The van der Waals surface area contributed by atoms with Gasteiger partial charge in [-0.1, -0.05) is 45.0 Å². The smallest absolute Gasteiger partial charge is 0.126 e. The number of hydrogen-bond acceptors (Lipinski definition) is 3. The molecule has 0 spiro atoms. The summed E-state index contributed by atoms with van der Waals surface area (Å²) in [7, 11) is 0. The van der Waals surface area contributed by atoms with Crippen LogP contribution in [0.4, 0.5) is 5.82 Å². The van der Waals surface area contributed by atoms with Gasteiger partial charge in [-0.25, -0.2) is 4.98 Å². The van der Waals surface area contributed by atoms with Gasteiger partial charge >= 0.3 is 0 Å². The highest BCUT2D eigenvalue weighted by atomic mass is 32.1. The normalized spacial score (nSPS) is 10.5. The number of aromatic nitrogens is 1. The van der Waals surface area contributed by atoms with Crippen molar-refractivity contribution in [3.8, 4) is 0 Å². The Morgan fingerprint density at radius 2 is 2.18 bits per heavy atom. The van der Waals surface area contributed by atoms with Gasteiger partial charge in [0.2, 0.25) is 0 Å². The molecular weight excluding hydrogens is 230 g/mol. The van der Waals surface area contributed by atoms with Gasteiger partial charge in [-0.3, -0.25) is 0 Å². The van der Waals surface area contributed by atoms with Crippen LogP contribution in [-0.2, 0) is 0 Å². The fourth-order valence-corrected chi connectivity index (χ4v) is 1.68. The van der Waals surface area contributed by atoms with Gasteiger partial charge in [0, 0.05) is 6.54 Å². The molecular formula is C13H21N3S. The van der Waals surface area contributed by atoms with E-state index >= 15 is 0 Å². The second-order valence-electron chi connectivity index (χ2n) is 4.59. The lowest BCUT2D eigenvalue weighted by atomic mass is 10.1. The van der Waals surface area contributed by atoms with E-state index in [1.165, 1.54) is 12.8 Å². The molecule has 0 amide bonds. The summed E-state index contributed by atoms with van der Waals surface area (Å²) in [5, 5.41) is 3.29. The van der Waals surface area contributed by atoms with Crippen LogP contribution in [0, 0.1) is 5.92 Å². The third-order valence-corrected chi connectivity index (χ3v) is 2.73. The summed E-state index contributed by atoms with van der Waals surface area (Å²) in [4.78, 5) is 4.67. The molecule has 1 aromatic rings. The van der Waals surface area contributed by atoms with Crippen LogP contribution in [0.5, 0.6) is 0 Å². The van der Waals surface area contributed by atoms with E-state index in [9.17, 15) is 0 Å². The number of unbranched alkanes of at least 4 members (excludes halogenated alkanes) is 1. The highest BCUT2D eigenvalue weighted by Gasteiger charge is 1.99. The summed E-state index contributed by atoms with van der Waals surface area (Å²) < 4.78 is 0. The maximum Gasteiger partial charge on any atom is 0.126 e. The number of nitrogens with zero attached hydrogens (tertiary/aromatic N) is 1. The van der Waals surface area contributed by atoms with Crippen molar-refractivity contribution in [1.29, 1.82) is 0 Å². The van der Waals surface area contributed by atoms with Crippen molar-refractivity contribution in [1.82, 2.24) is 4.98 Å². The first-order valence-corrected chi connectivity index (χ1v) is 6.51. The Labute approximate surface area is 109 Å². The molecule has 94 valence electrons. The van der Waals surface area contributed by atoms with Gasteiger partial charge in [0.05, 0.1) is 5.69 Å². The second-order valence-corrected chi connectivity index (χ2v) is 5.03. The van der Waals surface area contributed by atoms with E-state index in [0.29, 0.717) is 10.7 Å². The molecule has 0 saturated heterocycles. The van der Waals surface area contributed by atoms with E-state index in [4.69, 9.17) is 18.0 Å². The number of pyridine rings is 1. The molecule has 1 rings (SSSR count). The van der Waals surface area contributed by atoms with Crippen molar-refractivity contribution in [3.05, 3.63) is 23.9 Å². The quantitative estimate of drug-likeness (QED) is 0.578. The minimum atomic E-state index is 0.341. The van der Waals surface area contributed by atoms with Gasteiger partial charge in [-0.05, 0) is 24.5 Å². The lowest BCUT2D eigenvalue weighted by Crippen LogP contribution is -2.13. The van der Waals surface area contributed by atoms with Crippen LogP contribution < -0.4 is 11.1 Å². The largest absolute Gasteiger partial charge is 0.388 e. The highest BCUT2D eigenvalue weighted by Crippen LogP contribution is 2.08. The molecule has 1 heterocycles. The third-order valence-electron chi connectivity index (χ3n) is 2.52. The zero-order valence-corrected chi connectivity index (χ0v) is 11.4. The Morgan fingerprint density at radius 3 is 2.82 bits per heavy atom. The van der Waals surface area contributed by atoms with Crippen molar-refractivity contribution in [2.75, 3.05) is 11.9 Å². The zero-order chi connectivity index (χ0) is 12.7. The van der Waals surface area contributed by atoms with Gasteiger partial charge in [0.1, 0.15) is 10.8 Å². The Kier molecular flexibility index (Phi) is 5.91. The van der Waals surface area contributed by atoms with Gasteiger partial charge in [-0.2, -0.15) is 0 Å². The van der Waals surface area contributed by atoms with E-state index in [1.807, 2.05) is 18.2 Å². The number of nitrogens with two attached hydrogens (primary N) is 1. The van der Waals surface area contributed by atoms with Gasteiger partial charge < -0.3 is 11.1 Å². The Balaban J connectivity index is 2.31. The van der Waals surface area contributed by atoms with E-state index in [2.05, 4.69) is 24.1 Å². The van der Waals surface area contributed by atoms with Crippen LogP contribution in [-0.4, -0.2) is 16.5 Å². The molecule has 0 unspecified atom stereocenters. The average molecular weight is 251 g/mol. The van der Waals surface area contributed by atoms with Gasteiger partial charge in [-0.15, -0.1) is 0 Å². The maximum absolute atomic E-state index is 5.53. The first kappa shape index (κ1) is 13.9. The number of nitrogens with one attached hydrogen (secondary N) is 1. The summed E-state index contributed by atoms with van der Waals surface area (Å²) in [6.45, 7) is 5.45. The van der Waals surface area contributed by atoms with Crippen LogP contribution in [0.2, 0.25) is 0 Å². The molecule has 1 aromatic heterocycles. The molecule has 0 aromatic carbocycles. The van der Waals surface area contributed by atoms with E-state index in [0.717, 1.165) is 24.7 Å². The molecule has 3 nitrogen and oxygen atoms in total. The number of anilines is 1.